The Morgan fingerprint density at radius 1 is 1.24 bits per heavy atom. The van der Waals surface area contributed by atoms with E-state index < -0.39 is 0 Å². The van der Waals surface area contributed by atoms with Gasteiger partial charge in [-0.1, -0.05) is 29.8 Å². The van der Waals surface area contributed by atoms with Crippen LogP contribution in [0.25, 0.3) is 11.3 Å². The van der Waals surface area contributed by atoms with E-state index in [0.29, 0.717) is 11.3 Å². The standard InChI is InChI=1S/C18H19N5OS/c1-11-2-4-12(5-3-11)16-13(8-19-22-16)9-23-7-6-15-14(10-23)17(24)21-18(25)20-15/h2-5,8H,6-7,9-10H2,1H3,(H,19,22)(H2,20,21,24,25). The molecule has 0 amide bonds. The van der Waals surface area contributed by atoms with Gasteiger partial charge in [0.25, 0.3) is 5.56 Å². The molecular weight excluding hydrogens is 334 g/mol. The maximum Gasteiger partial charge on any atom is 0.256 e. The Labute approximate surface area is 149 Å². The second kappa shape index (κ2) is 6.42. The minimum atomic E-state index is -0.0885. The van der Waals surface area contributed by atoms with Gasteiger partial charge in [0, 0.05) is 37.3 Å². The number of nitrogens with one attached hydrogen (secondary N) is 3. The second-order valence-corrected chi connectivity index (χ2v) is 6.87. The lowest BCUT2D eigenvalue weighted by molar-refractivity contribution is 0.242. The van der Waals surface area contributed by atoms with Crippen molar-refractivity contribution in [1.82, 2.24) is 25.1 Å². The van der Waals surface area contributed by atoms with Gasteiger partial charge in [0.05, 0.1) is 17.5 Å². The highest BCUT2D eigenvalue weighted by molar-refractivity contribution is 7.71. The number of fused-ring (bicyclic) bond motifs is 1. The number of aromatic nitrogens is 4. The van der Waals surface area contributed by atoms with Crippen molar-refractivity contribution in [2.24, 2.45) is 0 Å². The first kappa shape index (κ1) is 16.0. The molecular formula is C18H19N5OS. The fourth-order valence-electron chi connectivity index (χ4n) is 3.29. The quantitative estimate of drug-likeness (QED) is 0.633. The summed E-state index contributed by atoms with van der Waals surface area (Å²) in [7, 11) is 0. The molecule has 1 aromatic carbocycles. The molecule has 0 unspecified atom stereocenters. The molecule has 7 heteroatoms. The van der Waals surface area contributed by atoms with Crippen LogP contribution < -0.4 is 5.56 Å². The van der Waals surface area contributed by atoms with Gasteiger partial charge >= 0.3 is 0 Å². The van der Waals surface area contributed by atoms with Gasteiger partial charge in [-0.2, -0.15) is 5.10 Å². The highest BCUT2D eigenvalue weighted by Crippen LogP contribution is 2.24. The maximum atomic E-state index is 12.2. The highest BCUT2D eigenvalue weighted by Gasteiger charge is 2.21. The molecule has 0 spiro atoms. The third kappa shape index (κ3) is 3.20. The summed E-state index contributed by atoms with van der Waals surface area (Å²) in [5.74, 6) is 0. The van der Waals surface area contributed by atoms with E-state index in [2.05, 4.69) is 56.3 Å². The lowest BCUT2D eigenvalue weighted by atomic mass is 10.0. The maximum absolute atomic E-state index is 12.2. The molecule has 3 N–H and O–H groups in total. The van der Waals surface area contributed by atoms with Crippen molar-refractivity contribution in [1.29, 1.82) is 0 Å². The third-order valence-electron chi connectivity index (χ3n) is 4.64. The van der Waals surface area contributed by atoms with Gasteiger partial charge in [0.1, 0.15) is 0 Å². The molecule has 0 fully saturated rings. The molecule has 1 aliphatic rings. The fraction of sp³-hybridized carbons (Fsp3) is 0.278. The number of aryl methyl sites for hydroxylation is 1. The lowest BCUT2D eigenvalue weighted by Crippen LogP contribution is -2.35. The first-order valence-electron chi connectivity index (χ1n) is 8.26. The molecule has 0 radical (unpaired) electrons. The van der Waals surface area contributed by atoms with Crippen molar-refractivity contribution in [2.45, 2.75) is 26.4 Å². The summed E-state index contributed by atoms with van der Waals surface area (Å²) in [6, 6.07) is 8.39. The van der Waals surface area contributed by atoms with Gasteiger partial charge in [-0.05, 0) is 24.7 Å². The van der Waals surface area contributed by atoms with Crippen LogP contribution >= 0.6 is 12.2 Å². The number of rotatable bonds is 3. The summed E-state index contributed by atoms with van der Waals surface area (Å²) >= 11 is 5.05. The molecule has 0 bridgehead atoms. The van der Waals surface area contributed by atoms with Crippen molar-refractivity contribution in [3.63, 3.8) is 0 Å². The van der Waals surface area contributed by atoms with Crippen LogP contribution in [0.1, 0.15) is 22.4 Å². The number of aromatic amines is 3. The Balaban J connectivity index is 1.58. The smallest absolute Gasteiger partial charge is 0.256 e. The van der Waals surface area contributed by atoms with Gasteiger partial charge in [-0.25, -0.2) is 0 Å². The zero-order valence-corrected chi connectivity index (χ0v) is 14.7. The Kier molecular flexibility index (Phi) is 4.10. The molecule has 2 aromatic heterocycles. The van der Waals surface area contributed by atoms with Gasteiger partial charge in [0.15, 0.2) is 4.77 Å². The molecule has 4 rings (SSSR count). The van der Waals surface area contributed by atoms with Crippen LogP contribution in [0.15, 0.2) is 35.3 Å². The zero-order chi connectivity index (χ0) is 17.4. The summed E-state index contributed by atoms with van der Waals surface area (Å²) in [6.07, 6.45) is 2.66. The predicted molar refractivity (Wildman–Crippen MR) is 98.8 cm³/mol. The molecule has 3 aromatic rings. The van der Waals surface area contributed by atoms with E-state index in [4.69, 9.17) is 12.2 Å². The topological polar surface area (TPSA) is 80.6 Å². The van der Waals surface area contributed by atoms with Crippen LogP contribution in [0, 0.1) is 11.7 Å². The molecule has 0 saturated carbocycles. The summed E-state index contributed by atoms with van der Waals surface area (Å²) < 4.78 is 0.397. The largest absolute Gasteiger partial charge is 0.335 e. The summed E-state index contributed by atoms with van der Waals surface area (Å²) in [6.45, 7) is 4.30. The monoisotopic (exact) mass is 353 g/mol. The molecule has 128 valence electrons. The number of nitrogens with zero attached hydrogens (tertiary/aromatic N) is 2. The van der Waals surface area contributed by atoms with E-state index in [-0.39, 0.29) is 5.56 Å². The Hall–Kier alpha value is -2.51. The van der Waals surface area contributed by atoms with Crippen LogP contribution in [0.4, 0.5) is 0 Å². The van der Waals surface area contributed by atoms with Gasteiger partial charge in [-0.3, -0.25) is 19.8 Å². The van der Waals surface area contributed by atoms with Crippen molar-refractivity contribution in [3.8, 4) is 11.3 Å². The summed E-state index contributed by atoms with van der Waals surface area (Å²) in [5.41, 5.74) is 6.16. The van der Waals surface area contributed by atoms with E-state index in [1.54, 1.807) is 0 Å². The predicted octanol–water partition coefficient (Wildman–Crippen LogP) is 2.69. The first-order chi connectivity index (χ1) is 12.1. The van der Waals surface area contributed by atoms with E-state index in [1.807, 2.05) is 6.20 Å². The molecule has 1 aliphatic heterocycles. The Morgan fingerprint density at radius 2 is 2.04 bits per heavy atom. The normalized spacial score (nSPS) is 14.4. The van der Waals surface area contributed by atoms with E-state index in [0.717, 1.165) is 47.6 Å². The van der Waals surface area contributed by atoms with Crippen molar-refractivity contribution in [3.05, 3.63) is 68.0 Å². The van der Waals surface area contributed by atoms with Crippen LogP contribution in [-0.2, 0) is 19.5 Å². The van der Waals surface area contributed by atoms with E-state index in [9.17, 15) is 4.79 Å². The number of hydrogen-bond donors (Lipinski definition) is 3. The molecule has 6 nitrogen and oxygen atoms in total. The molecule has 0 saturated heterocycles. The summed E-state index contributed by atoms with van der Waals surface area (Å²) in [5, 5.41) is 7.32. The van der Waals surface area contributed by atoms with Gasteiger partial charge < -0.3 is 4.98 Å². The average Bonchev–Trinajstić information content (AvgIpc) is 3.04. The average molecular weight is 353 g/mol. The van der Waals surface area contributed by atoms with Crippen LogP contribution in [0.3, 0.4) is 0 Å². The molecule has 0 aliphatic carbocycles. The van der Waals surface area contributed by atoms with Crippen molar-refractivity contribution in [2.75, 3.05) is 6.54 Å². The van der Waals surface area contributed by atoms with Gasteiger partial charge in [-0.15, -0.1) is 0 Å². The minimum Gasteiger partial charge on any atom is -0.335 e. The highest BCUT2D eigenvalue weighted by atomic mass is 32.1. The second-order valence-electron chi connectivity index (χ2n) is 6.46. The number of hydrogen-bond acceptors (Lipinski definition) is 4. The Bertz CT molecular complexity index is 1010. The Morgan fingerprint density at radius 3 is 2.84 bits per heavy atom. The number of H-pyrrole nitrogens is 3. The zero-order valence-electron chi connectivity index (χ0n) is 13.9. The molecule has 3 heterocycles. The van der Waals surface area contributed by atoms with Crippen molar-refractivity contribution >= 4 is 12.2 Å². The SMILES string of the molecule is Cc1ccc(-c2[nH]ncc2CN2CCc3[nH]c(=S)[nH]c(=O)c3C2)cc1. The third-order valence-corrected chi connectivity index (χ3v) is 4.85. The van der Waals surface area contributed by atoms with E-state index in [1.165, 1.54) is 5.56 Å². The van der Waals surface area contributed by atoms with Crippen molar-refractivity contribution < 1.29 is 0 Å². The molecule has 0 atom stereocenters. The first-order valence-corrected chi connectivity index (χ1v) is 8.67. The minimum absolute atomic E-state index is 0.0885. The van der Waals surface area contributed by atoms with Crippen LogP contribution in [0.2, 0.25) is 0 Å². The van der Waals surface area contributed by atoms with E-state index >= 15 is 0 Å². The van der Waals surface area contributed by atoms with Gasteiger partial charge in [0.2, 0.25) is 0 Å². The van der Waals surface area contributed by atoms with Crippen LogP contribution in [-0.4, -0.2) is 31.6 Å². The van der Waals surface area contributed by atoms with Crippen LogP contribution in [0.5, 0.6) is 0 Å². The number of benzene rings is 1. The fourth-order valence-corrected chi connectivity index (χ4v) is 3.51. The lowest BCUT2D eigenvalue weighted by Gasteiger charge is -2.27. The summed E-state index contributed by atoms with van der Waals surface area (Å²) in [4.78, 5) is 20.2. The molecule has 25 heavy (non-hydrogen) atoms.